The number of ether oxygens (including phenoxy) is 3. The average molecular weight is 489 g/mol. The van der Waals surface area contributed by atoms with Crippen molar-refractivity contribution in [2.75, 3.05) is 49.7 Å². The number of nitrogens with one attached hydrogen (secondary N) is 1. The number of morpholine rings is 1. The number of Topliss-reactive ketones (excluding diaryl/α,β-unsaturated/α-hetero) is 1. The Morgan fingerprint density at radius 2 is 1.79 bits per heavy atom. The molecule has 0 bridgehead atoms. The molecule has 1 atom stereocenters. The van der Waals surface area contributed by atoms with Crippen LogP contribution in [0.2, 0.25) is 5.02 Å². The second kappa shape index (κ2) is 12.3. The van der Waals surface area contributed by atoms with Crippen molar-refractivity contribution < 1.29 is 23.8 Å². The molecule has 0 spiro atoms. The van der Waals surface area contributed by atoms with Crippen LogP contribution < -0.4 is 19.7 Å². The van der Waals surface area contributed by atoms with Crippen LogP contribution in [-0.4, -0.2) is 57.2 Å². The summed E-state index contributed by atoms with van der Waals surface area (Å²) in [5.41, 5.74) is 1.62. The van der Waals surface area contributed by atoms with Crippen molar-refractivity contribution in [1.82, 2.24) is 0 Å². The van der Waals surface area contributed by atoms with E-state index < -0.39 is 17.7 Å². The normalized spacial score (nSPS) is 14.6. The Hall–Kier alpha value is -3.17. The first kappa shape index (κ1) is 25.5. The second-order valence-corrected chi connectivity index (χ2v) is 7.86. The van der Waals surface area contributed by atoms with E-state index in [-0.39, 0.29) is 0 Å². The van der Waals surface area contributed by atoms with Crippen LogP contribution in [0.3, 0.4) is 0 Å². The van der Waals surface area contributed by atoms with Crippen molar-refractivity contribution in [3.8, 4) is 11.5 Å². The minimum absolute atomic E-state index is 0.355. The highest BCUT2D eigenvalue weighted by molar-refractivity contribution is 6.33. The fraction of sp³-hybridized carbons (Fsp3) is 0.417. The Morgan fingerprint density at radius 3 is 2.44 bits per heavy atom. The number of amides is 1. The predicted molar refractivity (Wildman–Crippen MR) is 131 cm³/mol. The van der Waals surface area contributed by atoms with Crippen molar-refractivity contribution >= 4 is 40.4 Å². The zero-order chi connectivity index (χ0) is 24.5. The van der Waals surface area contributed by atoms with Crippen molar-refractivity contribution in [3.63, 3.8) is 0 Å². The minimum Gasteiger partial charge on any atom is -0.492 e. The summed E-state index contributed by atoms with van der Waals surface area (Å²) in [5.74, 6) is 0.00483. The first-order valence-electron chi connectivity index (χ1n) is 11.2. The third-order valence-corrected chi connectivity index (χ3v) is 5.37. The maximum absolute atomic E-state index is 12.7. The lowest BCUT2D eigenvalue weighted by molar-refractivity contribution is -0.126. The number of benzene rings is 2. The van der Waals surface area contributed by atoms with Gasteiger partial charge in [0, 0.05) is 25.2 Å². The van der Waals surface area contributed by atoms with Crippen molar-refractivity contribution in [1.29, 1.82) is 0 Å². The summed E-state index contributed by atoms with van der Waals surface area (Å²) in [5, 5.41) is 11.3. The predicted octanol–water partition coefficient (Wildman–Crippen LogP) is 4.65. The molecule has 1 aliphatic heterocycles. The Morgan fingerprint density at radius 1 is 1.12 bits per heavy atom. The lowest BCUT2D eigenvalue weighted by Gasteiger charge is -2.30. The van der Waals surface area contributed by atoms with Gasteiger partial charge in [-0.15, -0.1) is 0 Å². The minimum atomic E-state index is -1.35. The molecule has 10 heteroatoms. The van der Waals surface area contributed by atoms with E-state index in [2.05, 4.69) is 20.4 Å². The fourth-order valence-electron chi connectivity index (χ4n) is 3.41. The molecule has 1 saturated heterocycles. The largest absolute Gasteiger partial charge is 0.492 e. The van der Waals surface area contributed by atoms with Crippen LogP contribution in [0.4, 0.5) is 17.1 Å². The zero-order valence-corrected chi connectivity index (χ0v) is 20.3. The molecule has 2 aromatic carbocycles. The summed E-state index contributed by atoms with van der Waals surface area (Å²) in [6, 6.07) is 8.96. The maximum atomic E-state index is 12.7. The van der Waals surface area contributed by atoms with Gasteiger partial charge >= 0.3 is 0 Å². The van der Waals surface area contributed by atoms with Crippen LogP contribution in [0, 0.1) is 0 Å². The topological polar surface area (TPSA) is 102 Å². The van der Waals surface area contributed by atoms with Gasteiger partial charge in [-0.25, -0.2) is 0 Å². The molecular weight excluding hydrogens is 460 g/mol. The molecule has 1 N–H and O–H groups in total. The summed E-state index contributed by atoms with van der Waals surface area (Å²) in [7, 11) is 0. The Kier molecular flexibility index (Phi) is 9.24. The summed E-state index contributed by atoms with van der Waals surface area (Å²) in [6.07, 6.45) is 0. The number of hydrogen-bond acceptors (Lipinski definition) is 8. The van der Waals surface area contributed by atoms with Gasteiger partial charge in [-0.2, -0.15) is 10.2 Å². The maximum Gasteiger partial charge on any atom is 0.258 e. The number of hydrogen-bond donors (Lipinski definition) is 1. The third-order valence-electron chi connectivity index (χ3n) is 5.04. The summed E-state index contributed by atoms with van der Waals surface area (Å²) in [6.45, 7) is 8.59. The molecule has 0 aliphatic carbocycles. The number of azo groups is 1. The van der Waals surface area contributed by atoms with Crippen LogP contribution in [0.15, 0.2) is 46.6 Å². The van der Waals surface area contributed by atoms with Gasteiger partial charge in [0.05, 0.1) is 42.8 Å². The molecule has 0 aromatic heterocycles. The number of rotatable bonds is 10. The number of carbonyl (C=O) groups excluding carboxylic acids is 2. The van der Waals surface area contributed by atoms with Crippen LogP contribution in [0.5, 0.6) is 11.5 Å². The van der Waals surface area contributed by atoms with Gasteiger partial charge in [0.15, 0.2) is 5.78 Å². The van der Waals surface area contributed by atoms with Crippen molar-refractivity contribution in [2.24, 2.45) is 10.2 Å². The summed E-state index contributed by atoms with van der Waals surface area (Å²) in [4.78, 5) is 27.1. The van der Waals surface area contributed by atoms with E-state index in [1.54, 1.807) is 30.3 Å². The third kappa shape index (κ3) is 6.45. The van der Waals surface area contributed by atoms with Gasteiger partial charge < -0.3 is 24.4 Å². The van der Waals surface area contributed by atoms with E-state index in [1.165, 1.54) is 6.92 Å². The first-order chi connectivity index (χ1) is 16.4. The number of nitrogens with zero attached hydrogens (tertiary/aromatic N) is 3. The van der Waals surface area contributed by atoms with Gasteiger partial charge in [0.25, 0.3) is 5.91 Å². The van der Waals surface area contributed by atoms with E-state index in [4.69, 9.17) is 25.8 Å². The summed E-state index contributed by atoms with van der Waals surface area (Å²) < 4.78 is 17.1. The number of halogens is 1. The van der Waals surface area contributed by atoms with Gasteiger partial charge in [-0.3, -0.25) is 9.59 Å². The van der Waals surface area contributed by atoms with Gasteiger partial charge in [0.2, 0.25) is 6.04 Å². The van der Waals surface area contributed by atoms with Crippen LogP contribution in [0.25, 0.3) is 0 Å². The standard InChI is InChI=1S/C24H29ClN4O5/c1-4-33-21-15-20(29-10-12-32-13-11-29)22(34-5-2)14-19(21)27-28-23(16(3)30)24(31)26-18-9-7-6-8-17(18)25/h6-9,14-15,23H,4-5,10-13H2,1-3H3,(H,26,31). The zero-order valence-electron chi connectivity index (χ0n) is 19.5. The molecule has 34 heavy (non-hydrogen) atoms. The van der Waals surface area contributed by atoms with E-state index in [9.17, 15) is 9.59 Å². The first-order valence-corrected chi connectivity index (χ1v) is 11.5. The SMILES string of the molecule is CCOc1cc(N2CCOCC2)c(OCC)cc1N=NC(C(C)=O)C(=O)Nc1ccccc1Cl. The Labute approximate surface area is 204 Å². The molecule has 0 radical (unpaired) electrons. The molecular formula is C24H29ClN4O5. The number of ketones is 1. The molecule has 182 valence electrons. The van der Waals surface area contributed by atoms with Gasteiger partial charge in [0.1, 0.15) is 17.2 Å². The quantitative estimate of drug-likeness (QED) is 0.385. The monoisotopic (exact) mass is 488 g/mol. The molecule has 1 fully saturated rings. The van der Waals surface area contributed by atoms with E-state index in [0.29, 0.717) is 54.3 Å². The lowest BCUT2D eigenvalue weighted by atomic mass is 10.2. The van der Waals surface area contributed by atoms with Gasteiger partial charge in [-0.05, 0) is 32.9 Å². The van der Waals surface area contributed by atoms with E-state index in [1.807, 2.05) is 19.9 Å². The molecule has 9 nitrogen and oxygen atoms in total. The molecule has 2 aromatic rings. The second-order valence-electron chi connectivity index (χ2n) is 7.45. The molecule has 1 heterocycles. The highest BCUT2D eigenvalue weighted by Crippen LogP contribution is 2.41. The van der Waals surface area contributed by atoms with Crippen molar-refractivity contribution in [2.45, 2.75) is 26.8 Å². The average Bonchev–Trinajstić information content (AvgIpc) is 2.82. The lowest BCUT2D eigenvalue weighted by Crippen LogP contribution is -2.36. The highest BCUT2D eigenvalue weighted by Gasteiger charge is 2.25. The van der Waals surface area contributed by atoms with Crippen LogP contribution >= 0.6 is 11.6 Å². The molecule has 1 aliphatic rings. The molecule has 1 unspecified atom stereocenters. The Bertz CT molecular complexity index is 1040. The van der Waals surface area contributed by atoms with Crippen LogP contribution in [0.1, 0.15) is 20.8 Å². The van der Waals surface area contributed by atoms with Crippen molar-refractivity contribution in [3.05, 3.63) is 41.4 Å². The molecule has 1 amide bonds. The molecule has 3 rings (SSSR count). The fourth-order valence-corrected chi connectivity index (χ4v) is 3.60. The van der Waals surface area contributed by atoms with Gasteiger partial charge in [-0.1, -0.05) is 23.7 Å². The highest BCUT2D eigenvalue weighted by atomic mass is 35.5. The van der Waals surface area contributed by atoms with E-state index >= 15 is 0 Å². The number of anilines is 2. The summed E-state index contributed by atoms with van der Waals surface area (Å²) >= 11 is 6.11. The smallest absolute Gasteiger partial charge is 0.258 e. The Balaban J connectivity index is 1.91. The number of para-hydroxylation sites is 1. The van der Waals surface area contributed by atoms with Crippen LogP contribution in [-0.2, 0) is 14.3 Å². The van der Waals surface area contributed by atoms with E-state index in [0.717, 1.165) is 18.8 Å². The molecule has 0 saturated carbocycles. The number of carbonyl (C=O) groups is 2.